The molecule has 1 aromatic carbocycles. The molecule has 1 aromatic rings. The van der Waals surface area contributed by atoms with Gasteiger partial charge in [0.1, 0.15) is 0 Å². The van der Waals surface area contributed by atoms with E-state index in [0.717, 1.165) is 17.4 Å². The highest BCUT2D eigenvalue weighted by molar-refractivity contribution is 7.99. The quantitative estimate of drug-likeness (QED) is 0.700. The van der Waals surface area contributed by atoms with Gasteiger partial charge < -0.3 is 0 Å². The number of hydrogen-bond donors (Lipinski definition) is 0. The van der Waals surface area contributed by atoms with Gasteiger partial charge in [-0.05, 0) is 22.8 Å². The molecule has 0 fully saturated rings. The average molecular weight is 194 g/mol. The maximum absolute atomic E-state index is 2.24. The molecule has 0 aromatic heterocycles. The molecular weight excluding hydrogens is 176 g/mol. The Morgan fingerprint density at radius 1 is 1.08 bits per heavy atom. The Bertz CT molecular complexity index is 236. The maximum Gasteiger partial charge on any atom is 0.0187 e. The molecule has 0 atom stereocenters. The van der Waals surface area contributed by atoms with Crippen LogP contribution in [0.1, 0.15) is 31.9 Å². The van der Waals surface area contributed by atoms with Crippen molar-refractivity contribution in [1.82, 2.24) is 0 Å². The lowest BCUT2D eigenvalue weighted by atomic mass is 10.1. The first kappa shape index (κ1) is 10.6. The van der Waals surface area contributed by atoms with Crippen LogP contribution in [-0.2, 0) is 12.2 Å². The van der Waals surface area contributed by atoms with Crippen LogP contribution in [0.2, 0.25) is 0 Å². The molecule has 0 aliphatic heterocycles. The van der Waals surface area contributed by atoms with Crippen molar-refractivity contribution in [3.8, 4) is 0 Å². The molecule has 0 aliphatic rings. The smallest absolute Gasteiger partial charge is 0.0187 e. The number of rotatable bonds is 4. The van der Waals surface area contributed by atoms with Gasteiger partial charge in [0.25, 0.3) is 0 Å². The molecule has 0 saturated heterocycles. The fraction of sp³-hybridized carbons (Fsp3) is 0.500. The Balaban J connectivity index is 2.49. The summed E-state index contributed by atoms with van der Waals surface area (Å²) < 4.78 is 0. The molecule has 72 valence electrons. The Morgan fingerprint density at radius 3 is 2.08 bits per heavy atom. The SMILES string of the molecule is CCc1ccc(CSC(C)C)cc1. The third-order valence-corrected chi connectivity index (χ3v) is 3.18. The van der Waals surface area contributed by atoms with E-state index in [1.807, 2.05) is 11.8 Å². The summed E-state index contributed by atoms with van der Waals surface area (Å²) in [6.07, 6.45) is 1.14. The van der Waals surface area contributed by atoms with E-state index in [2.05, 4.69) is 45.0 Å². The normalized spacial score (nSPS) is 10.8. The topological polar surface area (TPSA) is 0 Å². The zero-order chi connectivity index (χ0) is 9.68. The molecule has 0 nitrogen and oxygen atoms in total. The second kappa shape index (κ2) is 5.33. The van der Waals surface area contributed by atoms with Crippen molar-refractivity contribution < 1.29 is 0 Å². The third kappa shape index (κ3) is 3.86. The van der Waals surface area contributed by atoms with Gasteiger partial charge in [-0.25, -0.2) is 0 Å². The van der Waals surface area contributed by atoms with Gasteiger partial charge in [-0.1, -0.05) is 45.0 Å². The molecule has 0 saturated carbocycles. The molecule has 1 heteroatoms. The summed E-state index contributed by atoms with van der Waals surface area (Å²) in [5, 5.41) is 0.728. The molecule has 0 amide bonds. The van der Waals surface area contributed by atoms with Crippen LogP contribution >= 0.6 is 11.8 Å². The summed E-state index contributed by atoms with van der Waals surface area (Å²) >= 11 is 2.00. The second-order valence-electron chi connectivity index (χ2n) is 3.53. The van der Waals surface area contributed by atoms with E-state index in [9.17, 15) is 0 Å². The van der Waals surface area contributed by atoms with Crippen LogP contribution in [0.5, 0.6) is 0 Å². The Hall–Kier alpha value is -0.430. The van der Waals surface area contributed by atoms with E-state index < -0.39 is 0 Å². The molecule has 13 heavy (non-hydrogen) atoms. The first-order valence-electron chi connectivity index (χ1n) is 4.91. The van der Waals surface area contributed by atoms with Gasteiger partial charge in [0, 0.05) is 5.75 Å². The minimum Gasteiger partial charge on any atom is -0.154 e. The molecule has 0 heterocycles. The highest BCUT2D eigenvalue weighted by Crippen LogP contribution is 2.17. The zero-order valence-electron chi connectivity index (χ0n) is 8.71. The van der Waals surface area contributed by atoms with Gasteiger partial charge in [0.15, 0.2) is 0 Å². The van der Waals surface area contributed by atoms with Crippen LogP contribution in [0, 0.1) is 0 Å². The van der Waals surface area contributed by atoms with Gasteiger partial charge in [-0.2, -0.15) is 11.8 Å². The van der Waals surface area contributed by atoms with E-state index in [4.69, 9.17) is 0 Å². The molecule has 0 N–H and O–H groups in total. The van der Waals surface area contributed by atoms with Crippen LogP contribution in [0.4, 0.5) is 0 Å². The standard InChI is InChI=1S/C12H18S/c1-4-11-5-7-12(8-6-11)9-13-10(2)3/h5-8,10H,4,9H2,1-3H3. The summed E-state index contributed by atoms with van der Waals surface area (Å²) in [5.74, 6) is 1.14. The predicted molar refractivity (Wildman–Crippen MR) is 62.3 cm³/mol. The Kier molecular flexibility index (Phi) is 4.37. The Labute approximate surface area is 85.7 Å². The predicted octanol–water partition coefficient (Wildman–Crippen LogP) is 3.89. The first-order valence-corrected chi connectivity index (χ1v) is 5.96. The van der Waals surface area contributed by atoms with Crippen molar-refractivity contribution in [3.63, 3.8) is 0 Å². The van der Waals surface area contributed by atoms with Crippen molar-refractivity contribution in [2.45, 2.75) is 38.2 Å². The number of benzene rings is 1. The molecule has 0 spiro atoms. The highest BCUT2D eigenvalue weighted by atomic mass is 32.2. The van der Waals surface area contributed by atoms with Crippen molar-refractivity contribution >= 4 is 11.8 Å². The van der Waals surface area contributed by atoms with Crippen molar-refractivity contribution in [2.24, 2.45) is 0 Å². The van der Waals surface area contributed by atoms with E-state index in [1.165, 1.54) is 11.1 Å². The first-order chi connectivity index (χ1) is 6.22. The van der Waals surface area contributed by atoms with Crippen LogP contribution < -0.4 is 0 Å². The summed E-state index contributed by atoms with van der Waals surface area (Å²) in [6, 6.07) is 8.95. The fourth-order valence-electron chi connectivity index (χ4n) is 1.13. The lowest BCUT2D eigenvalue weighted by Gasteiger charge is -2.05. The van der Waals surface area contributed by atoms with Crippen LogP contribution in [0.3, 0.4) is 0 Å². The van der Waals surface area contributed by atoms with Crippen molar-refractivity contribution in [1.29, 1.82) is 0 Å². The fourth-order valence-corrected chi connectivity index (χ4v) is 1.85. The van der Waals surface area contributed by atoms with Crippen LogP contribution in [0.15, 0.2) is 24.3 Å². The van der Waals surface area contributed by atoms with Crippen molar-refractivity contribution in [2.75, 3.05) is 0 Å². The van der Waals surface area contributed by atoms with Gasteiger partial charge in [0.2, 0.25) is 0 Å². The summed E-state index contributed by atoms with van der Waals surface area (Å²) in [5.41, 5.74) is 2.87. The summed E-state index contributed by atoms with van der Waals surface area (Å²) in [4.78, 5) is 0. The lowest BCUT2D eigenvalue weighted by molar-refractivity contribution is 1.10. The van der Waals surface area contributed by atoms with E-state index in [-0.39, 0.29) is 0 Å². The van der Waals surface area contributed by atoms with E-state index >= 15 is 0 Å². The number of hydrogen-bond acceptors (Lipinski definition) is 1. The highest BCUT2D eigenvalue weighted by Gasteiger charge is 1.96. The molecular formula is C12H18S. The number of aryl methyl sites for hydroxylation is 1. The molecule has 0 unspecified atom stereocenters. The van der Waals surface area contributed by atoms with Gasteiger partial charge in [-0.15, -0.1) is 0 Å². The van der Waals surface area contributed by atoms with Gasteiger partial charge >= 0.3 is 0 Å². The average Bonchev–Trinajstić information content (AvgIpc) is 2.15. The summed E-state index contributed by atoms with van der Waals surface area (Å²) in [7, 11) is 0. The molecule has 0 bridgehead atoms. The second-order valence-corrected chi connectivity index (χ2v) is 5.09. The van der Waals surface area contributed by atoms with E-state index in [1.54, 1.807) is 0 Å². The molecule has 1 rings (SSSR count). The minimum atomic E-state index is 0.728. The maximum atomic E-state index is 2.24. The zero-order valence-corrected chi connectivity index (χ0v) is 9.53. The summed E-state index contributed by atoms with van der Waals surface area (Å²) in [6.45, 7) is 6.67. The monoisotopic (exact) mass is 194 g/mol. The number of thioether (sulfide) groups is 1. The minimum absolute atomic E-state index is 0.728. The largest absolute Gasteiger partial charge is 0.154 e. The van der Waals surface area contributed by atoms with Crippen LogP contribution in [0.25, 0.3) is 0 Å². The lowest BCUT2D eigenvalue weighted by Crippen LogP contribution is -1.89. The third-order valence-electron chi connectivity index (χ3n) is 2.01. The van der Waals surface area contributed by atoms with Crippen molar-refractivity contribution in [3.05, 3.63) is 35.4 Å². The van der Waals surface area contributed by atoms with Gasteiger partial charge in [0.05, 0.1) is 0 Å². The van der Waals surface area contributed by atoms with Gasteiger partial charge in [-0.3, -0.25) is 0 Å². The van der Waals surface area contributed by atoms with Crippen LogP contribution in [-0.4, -0.2) is 5.25 Å². The molecule has 0 radical (unpaired) electrons. The Morgan fingerprint density at radius 2 is 1.62 bits per heavy atom. The van der Waals surface area contributed by atoms with E-state index in [0.29, 0.717) is 0 Å². The molecule has 0 aliphatic carbocycles.